The van der Waals surface area contributed by atoms with E-state index in [9.17, 15) is 9.59 Å². The Bertz CT molecular complexity index is 968. The molecule has 1 aromatic carbocycles. The number of aromatic nitrogens is 3. The topological polar surface area (TPSA) is 77.0 Å². The molecule has 2 aromatic heterocycles. The Hall–Kier alpha value is -3.15. The zero-order valence-corrected chi connectivity index (χ0v) is 15.9. The highest BCUT2D eigenvalue weighted by Crippen LogP contribution is 2.21. The number of rotatable bonds is 6. The number of ketones is 1. The number of hydrogen-bond donors (Lipinski definition) is 1. The lowest BCUT2D eigenvalue weighted by atomic mass is 10.1. The van der Waals surface area contributed by atoms with Crippen molar-refractivity contribution in [1.29, 1.82) is 0 Å². The molecular weight excluding hydrogens is 342 g/mol. The van der Waals surface area contributed by atoms with Crippen molar-refractivity contribution in [3.8, 4) is 11.3 Å². The summed E-state index contributed by atoms with van der Waals surface area (Å²) in [6.07, 6.45) is 0. The molecule has 0 saturated carbocycles. The molecule has 0 spiro atoms. The first-order valence-electron chi connectivity index (χ1n) is 8.88. The van der Waals surface area contributed by atoms with Crippen LogP contribution in [0.15, 0.2) is 42.5 Å². The van der Waals surface area contributed by atoms with Gasteiger partial charge >= 0.3 is 5.97 Å². The highest BCUT2D eigenvalue weighted by Gasteiger charge is 2.19. The first-order valence-corrected chi connectivity index (χ1v) is 8.88. The molecule has 0 atom stereocenters. The molecule has 0 unspecified atom stereocenters. The summed E-state index contributed by atoms with van der Waals surface area (Å²) in [5, 5.41) is 6.79. The normalized spacial score (nSPS) is 11.0. The van der Waals surface area contributed by atoms with Crippen molar-refractivity contribution in [1.82, 2.24) is 14.8 Å². The van der Waals surface area contributed by atoms with Gasteiger partial charge in [-0.1, -0.05) is 30.3 Å². The van der Waals surface area contributed by atoms with Crippen LogP contribution in [0.1, 0.15) is 52.1 Å². The number of nitrogens with one attached hydrogen (secondary N) is 1. The van der Waals surface area contributed by atoms with E-state index in [-0.39, 0.29) is 24.1 Å². The van der Waals surface area contributed by atoms with E-state index in [4.69, 9.17) is 4.74 Å². The van der Waals surface area contributed by atoms with Gasteiger partial charge in [0.25, 0.3) is 0 Å². The van der Waals surface area contributed by atoms with Gasteiger partial charge in [-0.2, -0.15) is 5.10 Å². The predicted molar refractivity (Wildman–Crippen MR) is 103 cm³/mol. The minimum absolute atomic E-state index is 0.217. The molecule has 0 saturated heterocycles. The lowest BCUT2D eigenvalue weighted by Crippen LogP contribution is -2.15. The number of esters is 1. The Morgan fingerprint density at radius 3 is 2.48 bits per heavy atom. The van der Waals surface area contributed by atoms with E-state index < -0.39 is 5.97 Å². The molecule has 0 fully saturated rings. The third kappa shape index (κ3) is 3.84. The number of carbonyl (C=O) groups excluding carboxylic acids is 2. The van der Waals surface area contributed by atoms with Gasteiger partial charge in [-0.25, -0.2) is 4.79 Å². The Morgan fingerprint density at radius 1 is 1.15 bits per heavy atom. The number of H-pyrrole nitrogens is 1. The fourth-order valence-corrected chi connectivity index (χ4v) is 3.32. The van der Waals surface area contributed by atoms with Crippen molar-refractivity contribution in [3.63, 3.8) is 0 Å². The summed E-state index contributed by atoms with van der Waals surface area (Å²) in [7, 11) is 0. The highest BCUT2D eigenvalue weighted by atomic mass is 16.5. The molecule has 6 nitrogen and oxygen atoms in total. The summed E-state index contributed by atoms with van der Waals surface area (Å²) in [6.45, 7) is 7.70. The van der Waals surface area contributed by atoms with Crippen LogP contribution in [0.4, 0.5) is 0 Å². The maximum absolute atomic E-state index is 12.5. The molecule has 140 valence electrons. The number of Topliss-reactive ketones (excluding diaryl/α,β-unsaturated/α-hetero) is 1. The fourth-order valence-electron chi connectivity index (χ4n) is 3.32. The van der Waals surface area contributed by atoms with Crippen LogP contribution in [0.3, 0.4) is 0 Å². The summed E-state index contributed by atoms with van der Waals surface area (Å²) in [5.41, 5.74) is 4.24. The van der Waals surface area contributed by atoms with Gasteiger partial charge in [0.05, 0.1) is 5.69 Å². The average molecular weight is 365 g/mol. The zero-order valence-electron chi connectivity index (χ0n) is 15.9. The molecule has 2 heterocycles. The first-order chi connectivity index (χ1) is 12.9. The third-order valence-corrected chi connectivity index (χ3v) is 4.50. The van der Waals surface area contributed by atoms with Crippen LogP contribution in [0.2, 0.25) is 0 Å². The smallest absolute Gasteiger partial charge is 0.356 e. The average Bonchev–Trinajstić information content (AvgIpc) is 3.25. The number of hydrogen-bond acceptors (Lipinski definition) is 4. The summed E-state index contributed by atoms with van der Waals surface area (Å²) in [4.78, 5) is 24.7. The molecule has 0 amide bonds. The van der Waals surface area contributed by atoms with Crippen molar-refractivity contribution in [2.24, 2.45) is 0 Å². The Balaban J connectivity index is 1.67. The quantitative estimate of drug-likeness (QED) is 0.527. The molecule has 0 aliphatic carbocycles. The Kier molecular flexibility index (Phi) is 5.26. The largest absolute Gasteiger partial charge is 0.453 e. The van der Waals surface area contributed by atoms with E-state index in [1.165, 1.54) is 0 Å². The molecule has 3 rings (SSSR count). The first kappa shape index (κ1) is 18.6. The van der Waals surface area contributed by atoms with Gasteiger partial charge in [0, 0.05) is 28.6 Å². The Morgan fingerprint density at radius 2 is 1.85 bits per heavy atom. The number of nitrogens with zero attached hydrogens (tertiary/aromatic N) is 2. The highest BCUT2D eigenvalue weighted by molar-refractivity contribution is 6.00. The lowest BCUT2D eigenvalue weighted by Gasteiger charge is -2.13. The summed E-state index contributed by atoms with van der Waals surface area (Å²) >= 11 is 0. The van der Waals surface area contributed by atoms with Crippen molar-refractivity contribution < 1.29 is 14.3 Å². The second kappa shape index (κ2) is 7.61. The van der Waals surface area contributed by atoms with Crippen LogP contribution < -0.4 is 0 Å². The van der Waals surface area contributed by atoms with E-state index in [1.807, 2.05) is 50.2 Å². The maximum atomic E-state index is 12.5. The minimum atomic E-state index is -0.601. The van der Waals surface area contributed by atoms with E-state index in [0.717, 1.165) is 17.0 Å². The maximum Gasteiger partial charge on any atom is 0.356 e. The molecule has 1 N–H and O–H groups in total. The zero-order chi connectivity index (χ0) is 19.6. The van der Waals surface area contributed by atoms with E-state index in [2.05, 4.69) is 28.6 Å². The van der Waals surface area contributed by atoms with Crippen LogP contribution in [-0.4, -0.2) is 33.1 Å². The SMILES string of the molecule is Cc1cc(C(=O)COC(=O)c2cc(-c3ccccc3)n[nH]2)c(C)n1C(C)C. The van der Waals surface area contributed by atoms with Gasteiger partial charge < -0.3 is 9.30 Å². The van der Waals surface area contributed by atoms with Crippen LogP contribution in [0, 0.1) is 13.8 Å². The molecule has 0 radical (unpaired) electrons. The van der Waals surface area contributed by atoms with Gasteiger partial charge in [0.1, 0.15) is 5.69 Å². The van der Waals surface area contributed by atoms with Crippen LogP contribution in [0.25, 0.3) is 11.3 Å². The fraction of sp³-hybridized carbons (Fsp3) is 0.286. The molecule has 0 aliphatic rings. The molecule has 3 aromatic rings. The van der Waals surface area contributed by atoms with Crippen molar-refractivity contribution in [2.75, 3.05) is 6.61 Å². The standard InChI is InChI=1S/C21H23N3O3/c1-13(2)24-14(3)10-17(15(24)4)20(25)12-27-21(26)19-11-18(22-23-19)16-8-6-5-7-9-16/h5-11,13H,12H2,1-4H3,(H,22,23). The van der Waals surface area contributed by atoms with E-state index in [1.54, 1.807) is 6.07 Å². The molecule has 0 aliphatic heterocycles. The Labute approximate surface area is 158 Å². The van der Waals surface area contributed by atoms with Gasteiger partial charge in [-0.05, 0) is 39.8 Å². The van der Waals surface area contributed by atoms with E-state index >= 15 is 0 Å². The van der Waals surface area contributed by atoms with Crippen LogP contribution in [-0.2, 0) is 4.74 Å². The summed E-state index contributed by atoms with van der Waals surface area (Å²) in [5.74, 6) is -0.818. The predicted octanol–water partition coefficient (Wildman–Crippen LogP) is 4.12. The summed E-state index contributed by atoms with van der Waals surface area (Å²) < 4.78 is 7.28. The second-order valence-corrected chi connectivity index (χ2v) is 6.78. The van der Waals surface area contributed by atoms with Gasteiger partial charge in [0.2, 0.25) is 5.78 Å². The molecular formula is C21H23N3O3. The van der Waals surface area contributed by atoms with Crippen molar-refractivity contribution in [2.45, 2.75) is 33.7 Å². The van der Waals surface area contributed by atoms with Crippen LogP contribution in [0.5, 0.6) is 0 Å². The van der Waals surface area contributed by atoms with Crippen molar-refractivity contribution in [3.05, 3.63) is 65.1 Å². The summed E-state index contributed by atoms with van der Waals surface area (Å²) in [6, 6.07) is 13.2. The molecule has 6 heteroatoms. The second-order valence-electron chi connectivity index (χ2n) is 6.78. The monoisotopic (exact) mass is 365 g/mol. The number of aromatic amines is 1. The minimum Gasteiger partial charge on any atom is -0.453 e. The third-order valence-electron chi connectivity index (χ3n) is 4.50. The number of carbonyl (C=O) groups is 2. The number of aryl methyl sites for hydroxylation is 1. The number of benzene rings is 1. The van der Waals surface area contributed by atoms with Crippen molar-refractivity contribution >= 4 is 11.8 Å². The lowest BCUT2D eigenvalue weighted by molar-refractivity contribution is 0.0468. The number of ether oxygens (including phenoxy) is 1. The van der Waals surface area contributed by atoms with Gasteiger partial charge in [-0.15, -0.1) is 0 Å². The van der Waals surface area contributed by atoms with Gasteiger partial charge in [-0.3, -0.25) is 9.89 Å². The molecule has 0 bridgehead atoms. The molecule has 27 heavy (non-hydrogen) atoms. The van der Waals surface area contributed by atoms with Gasteiger partial charge in [0.15, 0.2) is 6.61 Å². The van der Waals surface area contributed by atoms with E-state index in [0.29, 0.717) is 11.3 Å². The van der Waals surface area contributed by atoms with Crippen LogP contribution >= 0.6 is 0 Å².